The molecule has 2 rings (SSSR count). The second kappa shape index (κ2) is 6.26. The third kappa shape index (κ3) is 3.24. The van der Waals surface area contributed by atoms with Crippen LogP contribution < -0.4 is 16.4 Å². The van der Waals surface area contributed by atoms with Gasteiger partial charge in [0.1, 0.15) is 0 Å². The van der Waals surface area contributed by atoms with Crippen molar-refractivity contribution in [2.45, 2.75) is 26.8 Å². The van der Waals surface area contributed by atoms with Gasteiger partial charge in [-0.15, -0.1) is 0 Å². The molecule has 0 aromatic heterocycles. The van der Waals surface area contributed by atoms with E-state index < -0.39 is 5.91 Å². The molecule has 1 unspecified atom stereocenters. The Morgan fingerprint density at radius 2 is 2.19 bits per heavy atom. The molecule has 114 valence electrons. The highest BCUT2D eigenvalue weighted by Gasteiger charge is 2.43. The fourth-order valence-corrected chi connectivity index (χ4v) is 2.85. The minimum absolute atomic E-state index is 0.0759. The largest absolute Gasteiger partial charge is 0.366 e. The fourth-order valence-electron chi connectivity index (χ4n) is 2.85. The molecule has 0 saturated carbocycles. The van der Waals surface area contributed by atoms with E-state index in [0.29, 0.717) is 12.1 Å². The second-order valence-corrected chi connectivity index (χ2v) is 5.98. The predicted octanol–water partition coefficient (Wildman–Crippen LogP) is 1.04. The van der Waals surface area contributed by atoms with Crippen molar-refractivity contribution in [3.8, 4) is 0 Å². The summed E-state index contributed by atoms with van der Waals surface area (Å²) in [5.74, 6) is -0.0988. The number of nitrogens with one attached hydrogen (secondary N) is 2. The molecule has 1 aromatic rings. The quantitative estimate of drug-likeness (QED) is 0.757. The number of nitrogens with two attached hydrogens (primary N) is 1. The van der Waals surface area contributed by atoms with Gasteiger partial charge in [0.15, 0.2) is 0 Å². The Kier molecular flexibility index (Phi) is 4.63. The summed E-state index contributed by atoms with van der Waals surface area (Å²) < 4.78 is 0. The first kappa shape index (κ1) is 15.5. The zero-order chi connectivity index (χ0) is 15.5. The maximum absolute atomic E-state index is 12.6. The lowest BCUT2D eigenvalue weighted by Gasteiger charge is -2.31. The summed E-state index contributed by atoms with van der Waals surface area (Å²) in [4.78, 5) is 23.7. The van der Waals surface area contributed by atoms with Crippen molar-refractivity contribution in [3.05, 3.63) is 35.4 Å². The molecule has 2 amide bonds. The minimum atomic E-state index is -0.457. The van der Waals surface area contributed by atoms with Crippen LogP contribution in [0.3, 0.4) is 0 Å². The van der Waals surface area contributed by atoms with Crippen molar-refractivity contribution in [1.82, 2.24) is 10.6 Å². The van der Waals surface area contributed by atoms with Crippen molar-refractivity contribution in [2.24, 2.45) is 17.1 Å². The van der Waals surface area contributed by atoms with Crippen LogP contribution in [0.5, 0.6) is 0 Å². The zero-order valence-electron chi connectivity index (χ0n) is 12.6. The molecule has 1 fully saturated rings. The molecule has 5 nitrogen and oxygen atoms in total. The number of primary amides is 1. The zero-order valence-corrected chi connectivity index (χ0v) is 12.6. The summed E-state index contributed by atoms with van der Waals surface area (Å²) in [5, 5.41) is 6.27. The summed E-state index contributed by atoms with van der Waals surface area (Å²) in [5.41, 5.74) is 6.27. The Hall–Kier alpha value is -1.88. The van der Waals surface area contributed by atoms with E-state index in [9.17, 15) is 9.59 Å². The third-order valence-corrected chi connectivity index (χ3v) is 4.41. The van der Waals surface area contributed by atoms with Gasteiger partial charge in [0.25, 0.3) is 0 Å². The van der Waals surface area contributed by atoms with E-state index in [1.165, 1.54) is 0 Å². The van der Waals surface area contributed by atoms with Crippen LogP contribution >= 0.6 is 0 Å². The molecule has 0 bridgehead atoms. The molecule has 1 aliphatic rings. The van der Waals surface area contributed by atoms with Crippen LogP contribution in [-0.4, -0.2) is 24.9 Å². The molecule has 1 aliphatic heterocycles. The van der Waals surface area contributed by atoms with E-state index in [1.54, 1.807) is 18.2 Å². The Balaban J connectivity index is 2.04. The predicted molar refractivity (Wildman–Crippen MR) is 81.6 cm³/mol. The van der Waals surface area contributed by atoms with E-state index in [2.05, 4.69) is 24.5 Å². The Morgan fingerprint density at radius 3 is 2.76 bits per heavy atom. The standard InChI is InChI=1S/C16H23N3O2/c1-11(2)16(6-7-18-10-16)15(21)19-9-12-4-3-5-13(8-12)14(17)20/h3-5,8,11,18H,6-7,9-10H2,1-2H3,(H2,17,20)(H,19,21). The lowest BCUT2D eigenvalue weighted by atomic mass is 9.75. The van der Waals surface area contributed by atoms with Gasteiger partial charge < -0.3 is 16.4 Å². The second-order valence-electron chi connectivity index (χ2n) is 5.98. The number of hydrogen-bond donors (Lipinski definition) is 3. The smallest absolute Gasteiger partial charge is 0.248 e. The summed E-state index contributed by atoms with van der Waals surface area (Å²) in [6.45, 7) is 6.18. The SMILES string of the molecule is CC(C)C1(C(=O)NCc2cccc(C(N)=O)c2)CCNC1. The van der Waals surface area contributed by atoms with Crippen LogP contribution in [-0.2, 0) is 11.3 Å². The van der Waals surface area contributed by atoms with Crippen molar-refractivity contribution in [3.63, 3.8) is 0 Å². The van der Waals surface area contributed by atoms with Gasteiger partial charge in [-0.1, -0.05) is 26.0 Å². The van der Waals surface area contributed by atoms with Gasteiger partial charge in [-0.05, 0) is 36.6 Å². The summed E-state index contributed by atoms with van der Waals surface area (Å²) in [7, 11) is 0. The topological polar surface area (TPSA) is 84.2 Å². The molecular weight excluding hydrogens is 266 g/mol. The maximum Gasteiger partial charge on any atom is 0.248 e. The first-order valence-electron chi connectivity index (χ1n) is 7.33. The first-order chi connectivity index (χ1) is 9.95. The molecule has 0 spiro atoms. The summed E-state index contributed by atoms with van der Waals surface area (Å²) in [6.07, 6.45) is 0.859. The van der Waals surface area contributed by atoms with Gasteiger partial charge in [-0.25, -0.2) is 0 Å². The average molecular weight is 289 g/mol. The molecule has 4 N–H and O–H groups in total. The molecule has 5 heteroatoms. The van der Waals surface area contributed by atoms with Crippen LogP contribution in [0.1, 0.15) is 36.2 Å². The molecular formula is C16H23N3O2. The highest BCUT2D eigenvalue weighted by Crippen LogP contribution is 2.34. The Bertz CT molecular complexity index is 534. The van der Waals surface area contributed by atoms with Crippen molar-refractivity contribution < 1.29 is 9.59 Å². The number of amides is 2. The lowest BCUT2D eigenvalue weighted by molar-refractivity contribution is -0.132. The van der Waals surface area contributed by atoms with Gasteiger partial charge >= 0.3 is 0 Å². The lowest BCUT2D eigenvalue weighted by Crippen LogP contribution is -2.45. The van der Waals surface area contributed by atoms with E-state index >= 15 is 0 Å². The maximum atomic E-state index is 12.6. The highest BCUT2D eigenvalue weighted by atomic mass is 16.2. The molecule has 21 heavy (non-hydrogen) atoms. The van der Waals surface area contributed by atoms with Gasteiger partial charge in [0.2, 0.25) is 11.8 Å². The van der Waals surface area contributed by atoms with Crippen LogP contribution in [0.25, 0.3) is 0 Å². The molecule has 1 atom stereocenters. The average Bonchev–Trinajstić information content (AvgIpc) is 2.96. The van der Waals surface area contributed by atoms with E-state index in [1.807, 2.05) is 6.07 Å². The molecule has 1 heterocycles. The van der Waals surface area contributed by atoms with Crippen LogP contribution in [0.2, 0.25) is 0 Å². The monoisotopic (exact) mass is 289 g/mol. The van der Waals surface area contributed by atoms with Gasteiger partial charge in [-0.2, -0.15) is 0 Å². The first-order valence-corrected chi connectivity index (χ1v) is 7.33. The Labute approximate surface area is 125 Å². The number of carbonyl (C=O) groups excluding carboxylic acids is 2. The molecule has 0 radical (unpaired) electrons. The summed E-state index contributed by atoms with van der Waals surface area (Å²) >= 11 is 0. The van der Waals surface area contributed by atoms with Crippen LogP contribution in [0.15, 0.2) is 24.3 Å². The van der Waals surface area contributed by atoms with Gasteiger partial charge in [-0.3, -0.25) is 9.59 Å². The minimum Gasteiger partial charge on any atom is -0.366 e. The van der Waals surface area contributed by atoms with Gasteiger partial charge in [0.05, 0.1) is 5.41 Å². The molecule has 1 saturated heterocycles. The molecule has 0 aliphatic carbocycles. The van der Waals surface area contributed by atoms with Crippen molar-refractivity contribution >= 4 is 11.8 Å². The fraction of sp³-hybridized carbons (Fsp3) is 0.500. The normalized spacial score (nSPS) is 21.5. The number of carbonyl (C=O) groups is 2. The third-order valence-electron chi connectivity index (χ3n) is 4.41. The van der Waals surface area contributed by atoms with Crippen LogP contribution in [0, 0.1) is 11.3 Å². The van der Waals surface area contributed by atoms with E-state index in [-0.39, 0.29) is 17.2 Å². The number of benzene rings is 1. The van der Waals surface area contributed by atoms with E-state index in [4.69, 9.17) is 5.73 Å². The summed E-state index contributed by atoms with van der Waals surface area (Å²) in [6, 6.07) is 7.04. The number of hydrogen-bond acceptors (Lipinski definition) is 3. The van der Waals surface area contributed by atoms with E-state index in [0.717, 1.165) is 25.1 Å². The molecule has 1 aromatic carbocycles. The number of rotatable bonds is 5. The van der Waals surface area contributed by atoms with Crippen molar-refractivity contribution in [2.75, 3.05) is 13.1 Å². The van der Waals surface area contributed by atoms with Crippen LogP contribution in [0.4, 0.5) is 0 Å². The highest BCUT2D eigenvalue weighted by molar-refractivity contribution is 5.92. The van der Waals surface area contributed by atoms with Crippen molar-refractivity contribution in [1.29, 1.82) is 0 Å². The Morgan fingerprint density at radius 1 is 1.43 bits per heavy atom. The van der Waals surface area contributed by atoms with Gasteiger partial charge in [0, 0.05) is 18.7 Å².